The van der Waals surface area contributed by atoms with Crippen LogP contribution in [0.3, 0.4) is 0 Å². The number of hydrogen-bond acceptors (Lipinski definition) is 1. The average Bonchev–Trinajstić information content (AvgIpc) is 3.99. The highest BCUT2D eigenvalue weighted by molar-refractivity contribution is 5.95. The van der Waals surface area contributed by atoms with E-state index in [1.165, 1.54) is 106 Å². The highest BCUT2D eigenvalue weighted by Crippen LogP contribution is 2.60. The first kappa shape index (κ1) is 39.4. The molecule has 1 heteroatoms. The van der Waals surface area contributed by atoms with Crippen LogP contribution >= 0.6 is 0 Å². The topological polar surface area (TPSA) is 3.24 Å². The lowest BCUT2D eigenvalue weighted by Crippen LogP contribution is -2.31. The van der Waals surface area contributed by atoms with Gasteiger partial charge in [0.15, 0.2) is 0 Å². The first-order chi connectivity index (χ1) is 32.9. The summed E-state index contributed by atoms with van der Waals surface area (Å²) in [5, 5.41) is 0. The predicted octanol–water partition coefficient (Wildman–Crippen LogP) is 17.0. The monoisotopic (exact) mass is 855 g/mol. The lowest BCUT2D eigenvalue weighted by atomic mass is 9.65. The molecule has 13 rings (SSSR count). The van der Waals surface area contributed by atoms with Gasteiger partial charge in [0, 0.05) is 22.4 Å². The van der Waals surface area contributed by atoms with Gasteiger partial charge in [0.05, 0.1) is 11.1 Å². The average molecular weight is 856 g/mol. The summed E-state index contributed by atoms with van der Waals surface area (Å²) in [5.74, 6) is 0. The fourth-order valence-corrected chi connectivity index (χ4v) is 12.5. The van der Waals surface area contributed by atoms with E-state index in [0.717, 1.165) is 23.5 Å². The number of aryl methyl sites for hydroxylation is 1. The second-order valence-corrected chi connectivity index (χ2v) is 19.2. The molecule has 0 bridgehead atoms. The molecule has 1 unspecified atom stereocenters. The van der Waals surface area contributed by atoms with Gasteiger partial charge < -0.3 is 4.90 Å². The maximum Gasteiger partial charge on any atom is 0.0719 e. The van der Waals surface area contributed by atoms with Crippen molar-refractivity contribution >= 4 is 17.1 Å². The summed E-state index contributed by atoms with van der Waals surface area (Å²) in [4.78, 5) is 2.43. The van der Waals surface area contributed by atoms with Gasteiger partial charge in [-0.05, 0) is 150 Å². The summed E-state index contributed by atoms with van der Waals surface area (Å²) >= 11 is 0. The van der Waals surface area contributed by atoms with Crippen molar-refractivity contribution in [3.8, 4) is 55.6 Å². The van der Waals surface area contributed by atoms with E-state index in [9.17, 15) is 0 Å². The van der Waals surface area contributed by atoms with Gasteiger partial charge in [-0.1, -0.05) is 208 Å². The molecule has 0 radical (unpaired) electrons. The Balaban J connectivity index is 0.967. The number of rotatable bonds is 7. The van der Waals surface area contributed by atoms with Crippen LogP contribution in [0.15, 0.2) is 231 Å². The summed E-state index contributed by atoms with van der Waals surface area (Å²) in [6, 6.07) is 86.3. The molecule has 0 fully saturated rings. The molecule has 10 aromatic rings. The van der Waals surface area contributed by atoms with Crippen molar-refractivity contribution in [3.05, 3.63) is 281 Å². The number of para-hydroxylation sites is 2. The standard InChI is InChI=1S/C66H49N/c1-43-19-7-13-30-58(43)66(61-33-18-28-52-49-23-9-8-20-45(49)41-56(52)61)60-32-15-11-26-54(60)57-42-46(37-40-62(57)66)50-24-12-16-34-63(50)67(47-21-5-4-6-22-47)48-38-35-44(36-39-48)51-27-17-29-55-53-25-10-14-31-59(53)65(2,3)64(51)55/h4-40,42H,41H2,1-3H3. The maximum absolute atomic E-state index is 2.48. The van der Waals surface area contributed by atoms with Crippen LogP contribution in [0.1, 0.15) is 63.9 Å². The Morgan fingerprint density at radius 2 is 0.896 bits per heavy atom. The van der Waals surface area contributed by atoms with Crippen molar-refractivity contribution in [2.45, 2.75) is 38.0 Å². The van der Waals surface area contributed by atoms with Crippen LogP contribution in [0.5, 0.6) is 0 Å². The number of benzene rings is 10. The van der Waals surface area contributed by atoms with E-state index >= 15 is 0 Å². The molecular weight excluding hydrogens is 807 g/mol. The van der Waals surface area contributed by atoms with Gasteiger partial charge in [0.2, 0.25) is 0 Å². The molecule has 67 heavy (non-hydrogen) atoms. The number of hydrogen-bond donors (Lipinski definition) is 0. The predicted molar refractivity (Wildman–Crippen MR) is 280 cm³/mol. The normalized spacial score (nSPS) is 15.5. The van der Waals surface area contributed by atoms with Gasteiger partial charge in [-0.3, -0.25) is 0 Å². The van der Waals surface area contributed by atoms with Gasteiger partial charge in [0.1, 0.15) is 0 Å². The summed E-state index contributed by atoms with van der Waals surface area (Å²) < 4.78 is 0. The summed E-state index contributed by atoms with van der Waals surface area (Å²) in [5.41, 5.74) is 27.9. The third-order valence-electron chi connectivity index (χ3n) is 15.3. The van der Waals surface area contributed by atoms with Crippen molar-refractivity contribution in [3.63, 3.8) is 0 Å². The van der Waals surface area contributed by atoms with Crippen LogP contribution in [-0.4, -0.2) is 0 Å². The molecule has 3 aliphatic carbocycles. The molecule has 0 saturated carbocycles. The van der Waals surface area contributed by atoms with Crippen molar-refractivity contribution in [1.29, 1.82) is 0 Å². The Morgan fingerprint density at radius 3 is 1.69 bits per heavy atom. The Bertz CT molecular complexity index is 3590. The van der Waals surface area contributed by atoms with E-state index in [4.69, 9.17) is 0 Å². The van der Waals surface area contributed by atoms with Crippen molar-refractivity contribution in [1.82, 2.24) is 0 Å². The SMILES string of the molecule is Cc1ccccc1C1(c2cccc3c2Cc2ccccc2-3)c2ccccc2-c2cc(-c3ccccc3N(c3ccccc3)c3ccc(-c4cccc5c4C(C)(C)c4ccccc4-5)cc3)ccc21. The molecule has 0 heterocycles. The van der Waals surface area contributed by atoms with E-state index in [-0.39, 0.29) is 5.41 Å². The van der Waals surface area contributed by atoms with Crippen LogP contribution in [0.25, 0.3) is 55.6 Å². The first-order valence-corrected chi connectivity index (χ1v) is 23.7. The molecule has 318 valence electrons. The molecule has 0 aliphatic heterocycles. The Kier molecular flexibility index (Phi) is 8.83. The second kappa shape index (κ2) is 15.0. The van der Waals surface area contributed by atoms with E-state index in [2.05, 4.69) is 256 Å². The molecule has 0 aromatic heterocycles. The van der Waals surface area contributed by atoms with Crippen LogP contribution in [0.4, 0.5) is 17.1 Å². The highest BCUT2D eigenvalue weighted by Gasteiger charge is 2.48. The van der Waals surface area contributed by atoms with E-state index in [1.807, 2.05) is 0 Å². The van der Waals surface area contributed by atoms with Crippen molar-refractivity contribution in [2.24, 2.45) is 0 Å². The van der Waals surface area contributed by atoms with Gasteiger partial charge >= 0.3 is 0 Å². The Labute approximate surface area is 394 Å². The largest absolute Gasteiger partial charge is 0.310 e. The Morgan fingerprint density at radius 1 is 0.358 bits per heavy atom. The Hall–Kier alpha value is -8.00. The zero-order valence-electron chi connectivity index (χ0n) is 38.1. The molecular formula is C66H49N. The van der Waals surface area contributed by atoms with Crippen LogP contribution < -0.4 is 4.90 Å². The van der Waals surface area contributed by atoms with Gasteiger partial charge in [-0.15, -0.1) is 0 Å². The third kappa shape index (κ3) is 5.74. The lowest BCUT2D eigenvalue weighted by Gasteiger charge is -2.36. The van der Waals surface area contributed by atoms with Crippen molar-refractivity contribution < 1.29 is 0 Å². The zero-order valence-corrected chi connectivity index (χ0v) is 38.1. The van der Waals surface area contributed by atoms with Crippen LogP contribution in [0, 0.1) is 6.92 Å². The van der Waals surface area contributed by atoms with Crippen LogP contribution in [-0.2, 0) is 17.3 Å². The zero-order chi connectivity index (χ0) is 44.9. The van der Waals surface area contributed by atoms with E-state index < -0.39 is 5.41 Å². The third-order valence-corrected chi connectivity index (χ3v) is 15.3. The van der Waals surface area contributed by atoms with Gasteiger partial charge in [0.25, 0.3) is 0 Å². The van der Waals surface area contributed by atoms with Gasteiger partial charge in [-0.25, -0.2) is 0 Å². The summed E-state index contributed by atoms with van der Waals surface area (Å²) in [7, 11) is 0. The fraction of sp³-hybridized carbons (Fsp3) is 0.0909. The summed E-state index contributed by atoms with van der Waals surface area (Å²) in [6.07, 6.45) is 0.925. The minimum absolute atomic E-state index is 0.0981. The number of fused-ring (bicyclic) bond motifs is 9. The quantitative estimate of drug-likeness (QED) is 0.154. The fourth-order valence-electron chi connectivity index (χ4n) is 12.5. The second-order valence-electron chi connectivity index (χ2n) is 19.2. The van der Waals surface area contributed by atoms with E-state index in [1.54, 1.807) is 0 Å². The molecule has 0 N–H and O–H groups in total. The smallest absolute Gasteiger partial charge is 0.0719 e. The molecule has 0 saturated heterocycles. The molecule has 0 spiro atoms. The lowest BCUT2D eigenvalue weighted by molar-refractivity contribution is 0.662. The highest BCUT2D eigenvalue weighted by atomic mass is 15.1. The maximum atomic E-state index is 2.48. The molecule has 1 atom stereocenters. The van der Waals surface area contributed by atoms with E-state index in [0.29, 0.717) is 0 Å². The van der Waals surface area contributed by atoms with Crippen LogP contribution in [0.2, 0.25) is 0 Å². The minimum atomic E-state index is -0.503. The minimum Gasteiger partial charge on any atom is -0.310 e. The molecule has 3 aliphatic rings. The van der Waals surface area contributed by atoms with Crippen molar-refractivity contribution in [2.75, 3.05) is 4.90 Å². The first-order valence-electron chi connectivity index (χ1n) is 23.7. The molecule has 10 aromatic carbocycles. The number of nitrogens with zero attached hydrogens (tertiary/aromatic N) is 1. The molecule has 0 amide bonds. The van der Waals surface area contributed by atoms with Gasteiger partial charge in [-0.2, -0.15) is 0 Å². The number of anilines is 3. The molecule has 1 nitrogen and oxygen atoms in total. The summed E-state index contributed by atoms with van der Waals surface area (Å²) in [6.45, 7) is 7.03.